The maximum absolute atomic E-state index is 12.6. The van der Waals surface area contributed by atoms with Crippen LogP contribution in [0, 0.1) is 20.2 Å². The van der Waals surface area contributed by atoms with Crippen LogP contribution in [0.25, 0.3) is 0 Å². The molecule has 0 atom stereocenters. The topological polar surface area (TPSA) is 189 Å². The van der Waals surface area contributed by atoms with Crippen molar-refractivity contribution in [3.05, 3.63) is 80.5 Å². The number of thiazole rings is 1. The van der Waals surface area contributed by atoms with Gasteiger partial charge in [-0.1, -0.05) is 11.3 Å². The van der Waals surface area contributed by atoms with Gasteiger partial charge in [-0.05, 0) is 24.3 Å². The SMILES string of the molecule is O=C(COC(=O)c1ccc([N+](=O)[O-])cc1)Nc1ncc(S(=O)(=O)c2ccc([N+](=O)[O-])cc2)s1. The fourth-order valence-corrected chi connectivity index (χ4v) is 4.84. The van der Waals surface area contributed by atoms with Gasteiger partial charge >= 0.3 is 5.97 Å². The number of non-ortho nitro benzene ring substituents is 2. The Morgan fingerprint density at radius 1 is 0.970 bits per heavy atom. The first-order chi connectivity index (χ1) is 15.6. The van der Waals surface area contributed by atoms with Gasteiger partial charge in [-0.25, -0.2) is 18.2 Å². The summed E-state index contributed by atoms with van der Waals surface area (Å²) < 4.78 is 29.9. The predicted octanol–water partition coefficient (Wildman–Crippen LogP) is 2.59. The van der Waals surface area contributed by atoms with Crippen molar-refractivity contribution in [3.8, 4) is 0 Å². The molecule has 13 nitrogen and oxygen atoms in total. The molecule has 0 aliphatic rings. The maximum atomic E-state index is 12.6. The predicted molar refractivity (Wildman–Crippen MR) is 113 cm³/mol. The van der Waals surface area contributed by atoms with Crippen LogP contribution < -0.4 is 5.32 Å². The van der Waals surface area contributed by atoms with Gasteiger partial charge < -0.3 is 4.74 Å². The van der Waals surface area contributed by atoms with Crippen molar-refractivity contribution < 1.29 is 32.6 Å². The maximum Gasteiger partial charge on any atom is 0.338 e. The summed E-state index contributed by atoms with van der Waals surface area (Å²) >= 11 is 0.639. The molecule has 3 rings (SSSR count). The summed E-state index contributed by atoms with van der Waals surface area (Å²) in [4.78, 5) is 47.6. The zero-order valence-electron chi connectivity index (χ0n) is 16.2. The van der Waals surface area contributed by atoms with E-state index < -0.39 is 38.2 Å². The summed E-state index contributed by atoms with van der Waals surface area (Å²) in [7, 11) is -4.02. The standard InChI is InChI=1S/C18H12N4O9S2/c23-15(10-31-17(24)11-1-3-12(4-2-11)21(25)26)20-18-19-9-16(32-18)33(29,30)14-7-5-13(6-8-14)22(27)28/h1-9H,10H2,(H,19,20,23). The Balaban J connectivity index is 1.60. The average Bonchev–Trinajstić information content (AvgIpc) is 3.27. The smallest absolute Gasteiger partial charge is 0.338 e. The zero-order valence-corrected chi connectivity index (χ0v) is 17.9. The number of carbonyl (C=O) groups excluding carboxylic acids is 2. The fourth-order valence-electron chi connectivity index (χ4n) is 2.39. The van der Waals surface area contributed by atoms with Gasteiger partial charge in [-0.15, -0.1) is 0 Å². The van der Waals surface area contributed by atoms with Crippen LogP contribution in [0.15, 0.2) is 63.8 Å². The van der Waals surface area contributed by atoms with Crippen molar-refractivity contribution in [2.45, 2.75) is 9.10 Å². The molecule has 1 heterocycles. The summed E-state index contributed by atoms with van der Waals surface area (Å²) in [5.74, 6) is -1.68. The Hall–Kier alpha value is -4.24. The molecule has 0 saturated carbocycles. The molecule has 0 saturated heterocycles. The van der Waals surface area contributed by atoms with Gasteiger partial charge in [-0.3, -0.25) is 30.3 Å². The number of benzene rings is 2. The van der Waals surface area contributed by atoms with E-state index in [1.54, 1.807) is 0 Å². The van der Waals surface area contributed by atoms with Crippen molar-refractivity contribution in [3.63, 3.8) is 0 Å². The molecule has 1 aromatic heterocycles. The molecule has 0 radical (unpaired) electrons. The van der Waals surface area contributed by atoms with E-state index in [2.05, 4.69) is 10.3 Å². The largest absolute Gasteiger partial charge is 0.452 e. The minimum absolute atomic E-state index is 0.000809. The lowest BCUT2D eigenvalue weighted by Gasteiger charge is -2.04. The van der Waals surface area contributed by atoms with Gasteiger partial charge in [0.25, 0.3) is 17.3 Å². The molecule has 0 bridgehead atoms. The Morgan fingerprint density at radius 3 is 2.06 bits per heavy atom. The minimum atomic E-state index is -4.02. The minimum Gasteiger partial charge on any atom is -0.452 e. The van der Waals surface area contributed by atoms with Gasteiger partial charge in [-0.2, -0.15) is 0 Å². The molecule has 3 aromatic rings. The first kappa shape index (κ1) is 23.4. The number of nitrogens with zero attached hydrogens (tertiary/aromatic N) is 3. The van der Waals surface area contributed by atoms with Gasteiger partial charge in [0.05, 0.1) is 26.5 Å². The summed E-state index contributed by atoms with van der Waals surface area (Å²) in [6.45, 7) is -0.708. The summed E-state index contributed by atoms with van der Waals surface area (Å²) in [6.07, 6.45) is 1.01. The van der Waals surface area contributed by atoms with Crippen molar-refractivity contribution >= 4 is 49.6 Å². The van der Waals surface area contributed by atoms with Crippen LogP contribution in [0.1, 0.15) is 10.4 Å². The zero-order chi connectivity index (χ0) is 24.2. The number of rotatable bonds is 8. The van der Waals surface area contributed by atoms with E-state index in [-0.39, 0.29) is 31.2 Å². The number of amides is 1. The van der Waals surface area contributed by atoms with Crippen molar-refractivity contribution in [2.75, 3.05) is 11.9 Å². The molecule has 1 amide bonds. The number of sulfone groups is 1. The highest BCUT2D eigenvalue weighted by Gasteiger charge is 2.22. The van der Waals surface area contributed by atoms with Gasteiger partial charge in [0, 0.05) is 24.3 Å². The third kappa shape index (κ3) is 5.52. The number of nitrogens with one attached hydrogen (secondary N) is 1. The number of nitro benzene ring substituents is 2. The Bertz CT molecular complexity index is 1330. The number of ether oxygens (including phenoxy) is 1. The van der Waals surface area contributed by atoms with Crippen LogP contribution in [0.2, 0.25) is 0 Å². The molecule has 0 spiro atoms. The number of aromatic nitrogens is 1. The van der Waals surface area contributed by atoms with Crippen LogP contribution in [0.3, 0.4) is 0 Å². The van der Waals surface area contributed by atoms with Gasteiger partial charge in [0.1, 0.15) is 4.21 Å². The Labute approximate surface area is 188 Å². The Morgan fingerprint density at radius 2 is 1.52 bits per heavy atom. The molecule has 0 unspecified atom stereocenters. The van der Waals surface area contributed by atoms with E-state index in [0.717, 1.165) is 42.6 Å². The molecule has 0 aliphatic heterocycles. The van der Waals surface area contributed by atoms with Crippen LogP contribution in [0.5, 0.6) is 0 Å². The lowest BCUT2D eigenvalue weighted by Crippen LogP contribution is -2.20. The molecular formula is C18H12N4O9S2. The summed E-state index contributed by atoms with van der Waals surface area (Å²) in [5.41, 5.74) is -0.485. The summed E-state index contributed by atoms with van der Waals surface area (Å²) in [6, 6.07) is 8.85. The van der Waals surface area contributed by atoms with E-state index in [0.29, 0.717) is 11.3 Å². The molecule has 1 N–H and O–H groups in total. The second kappa shape index (κ2) is 9.49. The van der Waals surface area contributed by atoms with Gasteiger partial charge in [0.15, 0.2) is 11.7 Å². The van der Waals surface area contributed by atoms with Crippen LogP contribution in [0.4, 0.5) is 16.5 Å². The van der Waals surface area contributed by atoms with E-state index in [9.17, 15) is 38.2 Å². The van der Waals surface area contributed by atoms with Crippen LogP contribution in [-0.4, -0.2) is 41.7 Å². The fraction of sp³-hybridized carbons (Fsp3) is 0.0556. The van der Waals surface area contributed by atoms with Gasteiger partial charge in [0.2, 0.25) is 9.84 Å². The highest BCUT2D eigenvalue weighted by molar-refractivity contribution is 7.93. The lowest BCUT2D eigenvalue weighted by atomic mass is 10.2. The van der Waals surface area contributed by atoms with E-state index >= 15 is 0 Å². The second-order valence-electron chi connectivity index (χ2n) is 6.17. The second-order valence-corrected chi connectivity index (χ2v) is 9.37. The highest BCUT2D eigenvalue weighted by atomic mass is 32.2. The number of hydrogen-bond donors (Lipinski definition) is 1. The van der Waals surface area contributed by atoms with Crippen LogP contribution >= 0.6 is 11.3 Å². The molecule has 33 heavy (non-hydrogen) atoms. The van der Waals surface area contributed by atoms with Crippen molar-refractivity contribution in [1.82, 2.24) is 4.98 Å². The summed E-state index contributed by atoms with van der Waals surface area (Å²) in [5, 5.41) is 23.5. The first-order valence-corrected chi connectivity index (χ1v) is 11.0. The number of esters is 1. The third-order valence-corrected chi connectivity index (χ3v) is 7.15. The van der Waals surface area contributed by atoms with Crippen molar-refractivity contribution in [1.29, 1.82) is 0 Å². The number of nitro groups is 2. The van der Waals surface area contributed by atoms with E-state index in [4.69, 9.17) is 4.74 Å². The quantitative estimate of drug-likeness (QED) is 0.278. The molecule has 0 fully saturated rings. The monoisotopic (exact) mass is 492 g/mol. The van der Waals surface area contributed by atoms with Crippen LogP contribution in [-0.2, 0) is 19.4 Å². The molecule has 170 valence electrons. The van der Waals surface area contributed by atoms with E-state index in [1.807, 2.05) is 0 Å². The number of carbonyl (C=O) groups is 2. The third-order valence-electron chi connectivity index (χ3n) is 4.00. The number of anilines is 1. The van der Waals surface area contributed by atoms with E-state index in [1.165, 1.54) is 12.1 Å². The molecule has 2 aromatic carbocycles. The number of hydrogen-bond acceptors (Lipinski definition) is 11. The molecule has 0 aliphatic carbocycles. The Kier molecular flexibility index (Phi) is 6.74. The highest BCUT2D eigenvalue weighted by Crippen LogP contribution is 2.29. The molecule has 15 heteroatoms. The average molecular weight is 492 g/mol. The normalized spacial score (nSPS) is 10.9. The van der Waals surface area contributed by atoms with Crippen molar-refractivity contribution in [2.24, 2.45) is 0 Å². The molecular weight excluding hydrogens is 480 g/mol. The lowest BCUT2D eigenvalue weighted by molar-refractivity contribution is -0.385. The first-order valence-electron chi connectivity index (χ1n) is 8.75.